The summed E-state index contributed by atoms with van der Waals surface area (Å²) in [4.78, 5) is 26.4. The maximum atomic E-state index is 13.6. The number of rotatable bonds is 4. The molecule has 2 aromatic carbocycles. The third-order valence-corrected chi connectivity index (χ3v) is 6.61. The van der Waals surface area contributed by atoms with Crippen molar-refractivity contribution < 1.29 is 9.53 Å². The van der Waals surface area contributed by atoms with E-state index in [-0.39, 0.29) is 5.91 Å². The number of fused-ring (bicyclic) bond motifs is 2. The second kappa shape index (κ2) is 7.35. The molecule has 0 N–H and O–H groups in total. The Hall–Kier alpha value is -3.45. The van der Waals surface area contributed by atoms with Gasteiger partial charge in [-0.15, -0.1) is 11.3 Å². The highest BCUT2D eigenvalue weighted by Gasteiger charge is 2.36. The third-order valence-electron chi connectivity index (χ3n) is 5.82. The predicted octanol–water partition coefficient (Wildman–Crippen LogP) is 5.11. The van der Waals surface area contributed by atoms with Crippen LogP contribution < -0.4 is 14.5 Å². The van der Waals surface area contributed by atoms with E-state index in [1.54, 1.807) is 29.8 Å². The average Bonchev–Trinajstić information content (AvgIpc) is 3.55. The van der Waals surface area contributed by atoms with Gasteiger partial charge in [-0.05, 0) is 43.2 Å². The first-order valence-electron chi connectivity index (χ1n) is 10.4. The molecule has 3 heterocycles. The zero-order valence-corrected chi connectivity index (χ0v) is 17.6. The van der Waals surface area contributed by atoms with Crippen LogP contribution in [0.15, 0.2) is 66.4 Å². The van der Waals surface area contributed by atoms with Gasteiger partial charge in [0.25, 0.3) is 5.91 Å². The van der Waals surface area contributed by atoms with Crippen LogP contribution in [-0.2, 0) is 0 Å². The Balaban J connectivity index is 1.33. The summed E-state index contributed by atoms with van der Waals surface area (Å²) in [5.74, 6) is 1.09. The first-order valence-corrected chi connectivity index (χ1v) is 11.3. The minimum absolute atomic E-state index is 0.0927. The van der Waals surface area contributed by atoms with Crippen LogP contribution in [0.1, 0.15) is 23.2 Å². The van der Waals surface area contributed by atoms with Crippen LogP contribution in [0.25, 0.3) is 10.2 Å². The second-order valence-electron chi connectivity index (χ2n) is 7.83. The second-order valence-corrected chi connectivity index (χ2v) is 8.71. The molecule has 154 valence electrons. The summed E-state index contributed by atoms with van der Waals surface area (Å²) in [6.45, 7) is 1.49. The molecule has 2 aromatic heterocycles. The first-order chi connectivity index (χ1) is 15.3. The van der Waals surface area contributed by atoms with Gasteiger partial charge in [-0.1, -0.05) is 12.1 Å². The molecule has 0 radical (unpaired) electrons. The maximum absolute atomic E-state index is 13.6. The van der Waals surface area contributed by atoms with Crippen LogP contribution in [0.5, 0.6) is 11.5 Å². The number of ether oxygens (including phenoxy) is 1. The predicted molar refractivity (Wildman–Crippen MR) is 122 cm³/mol. The molecule has 1 saturated carbocycles. The molecular formula is C24H20N4O2S. The lowest BCUT2D eigenvalue weighted by Gasteiger charge is -2.38. The van der Waals surface area contributed by atoms with Gasteiger partial charge in [0.1, 0.15) is 17.1 Å². The van der Waals surface area contributed by atoms with Crippen molar-refractivity contribution >= 4 is 38.8 Å². The average molecular weight is 429 g/mol. The highest BCUT2D eigenvalue weighted by molar-refractivity contribution is 7.16. The Labute approximate surface area is 183 Å². The zero-order chi connectivity index (χ0) is 20.8. The lowest BCUT2D eigenvalue weighted by Crippen LogP contribution is -2.45. The molecule has 31 heavy (non-hydrogen) atoms. The van der Waals surface area contributed by atoms with Crippen molar-refractivity contribution in [2.45, 2.75) is 18.9 Å². The lowest BCUT2D eigenvalue weighted by atomic mass is 10.1. The number of para-hydroxylation sites is 2. The van der Waals surface area contributed by atoms with E-state index in [0.717, 1.165) is 28.1 Å². The van der Waals surface area contributed by atoms with Crippen molar-refractivity contribution in [3.8, 4) is 11.5 Å². The van der Waals surface area contributed by atoms with Gasteiger partial charge in [-0.3, -0.25) is 9.78 Å². The lowest BCUT2D eigenvalue weighted by molar-refractivity contribution is 0.0984. The van der Waals surface area contributed by atoms with Gasteiger partial charge in [0, 0.05) is 37.6 Å². The van der Waals surface area contributed by atoms with Crippen molar-refractivity contribution in [1.29, 1.82) is 0 Å². The molecule has 0 saturated heterocycles. The van der Waals surface area contributed by atoms with Crippen molar-refractivity contribution in [2.24, 2.45) is 0 Å². The topological polar surface area (TPSA) is 58.6 Å². The fourth-order valence-electron chi connectivity index (χ4n) is 4.16. The van der Waals surface area contributed by atoms with E-state index in [0.29, 0.717) is 29.6 Å². The highest BCUT2D eigenvalue weighted by atomic mass is 32.1. The minimum atomic E-state index is -0.0927. The van der Waals surface area contributed by atoms with E-state index in [2.05, 4.69) is 20.9 Å². The number of nitrogens with zero attached hydrogens (tertiary/aromatic N) is 4. The number of hydrogen-bond donors (Lipinski definition) is 0. The Kier molecular flexibility index (Phi) is 4.35. The molecule has 2 aliphatic rings. The van der Waals surface area contributed by atoms with Gasteiger partial charge in [0.05, 0.1) is 27.1 Å². The molecule has 0 spiro atoms. The van der Waals surface area contributed by atoms with Gasteiger partial charge in [0.15, 0.2) is 0 Å². The summed E-state index contributed by atoms with van der Waals surface area (Å²) in [5.41, 5.74) is 5.29. The van der Waals surface area contributed by atoms with Gasteiger partial charge in [0.2, 0.25) is 0 Å². The Morgan fingerprint density at radius 2 is 1.94 bits per heavy atom. The van der Waals surface area contributed by atoms with Crippen LogP contribution in [0.2, 0.25) is 0 Å². The van der Waals surface area contributed by atoms with Crippen molar-refractivity contribution in [2.75, 3.05) is 22.9 Å². The molecule has 7 heteroatoms. The number of hydrogen-bond acceptors (Lipinski definition) is 6. The number of amides is 1. The number of anilines is 2. The number of benzene rings is 2. The van der Waals surface area contributed by atoms with Crippen LogP contribution in [0.4, 0.5) is 11.4 Å². The van der Waals surface area contributed by atoms with Gasteiger partial charge in [-0.25, -0.2) is 4.98 Å². The van der Waals surface area contributed by atoms with Crippen molar-refractivity contribution in [3.63, 3.8) is 0 Å². The van der Waals surface area contributed by atoms with Crippen LogP contribution in [-0.4, -0.2) is 35.0 Å². The number of aromatic nitrogens is 2. The SMILES string of the molecule is O=C(c1cnccc1Oc1ccc2ncsc2c1)N1CCN(C2CC2)c2ccccc21. The molecule has 1 aliphatic heterocycles. The molecule has 0 bridgehead atoms. The van der Waals surface area contributed by atoms with E-state index in [1.807, 2.05) is 46.8 Å². The van der Waals surface area contributed by atoms with E-state index >= 15 is 0 Å². The fourth-order valence-corrected chi connectivity index (χ4v) is 4.87. The van der Waals surface area contributed by atoms with Gasteiger partial charge < -0.3 is 14.5 Å². The smallest absolute Gasteiger partial charge is 0.263 e. The summed E-state index contributed by atoms with van der Waals surface area (Å²) in [5, 5.41) is 0. The molecule has 1 aliphatic carbocycles. The summed E-state index contributed by atoms with van der Waals surface area (Å²) in [6, 6.07) is 16.3. The minimum Gasteiger partial charge on any atom is -0.456 e. The van der Waals surface area contributed by atoms with E-state index in [9.17, 15) is 4.79 Å². The summed E-state index contributed by atoms with van der Waals surface area (Å²) >= 11 is 1.56. The zero-order valence-electron chi connectivity index (χ0n) is 16.8. The summed E-state index contributed by atoms with van der Waals surface area (Å²) < 4.78 is 7.18. The molecule has 4 aromatic rings. The number of pyridine rings is 1. The molecule has 0 unspecified atom stereocenters. The number of carbonyl (C=O) groups is 1. The van der Waals surface area contributed by atoms with Gasteiger partial charge >= 0.3 is 0 Å². The van der Waals surface area contributed by atoms with Gasteiger partial charge in [-0.2, -0.15) is 0 Å². The van der Waals surface area contributed by atoms with E-state index < -0.39 is 0 Å². The Morgan fingerprint density at radius 3 is 2.81 bits per heavy atom. The normalized spacial score (nSPS) is 15.7. The number of carbonyl (C=O) groups excluding carboxylic acids is 1. The molecule has 6 nitrogen and oxygen atoms in total. The molecule has 1 fully saturated rings. The standard InChI is InChI=1S/C24H20N4O2S/c29-24(28-12-11-27(16-5-6-16)20-3-1-2-4-21(20)28)18-14-25-10-9-22(18)30-17-7-8-19-23(13-17)31-15-26-19/h1-4,7-10,13-16H,5-6,11-12H2. The summed E-state index contributed by atoms with van der Waals surface area (Å²) in [6.07, 6.45) is 5.70. The van der Waals surface area contributed by atoms with Crippen LogP contribution >= 0.6 is 11.3 Å². The quantitative estimate of drug-likeness (QED) is 0.452. The fraction of sp³-hybridized carbons (Fsp3) is 0.208. The first kappa shape index (κ1) is 18.3. The van der Waals surface area contributed by atoms with E-state index in [1.165, 1.54) is 12.8 Å². The largest absolute Gasteiger partial charge is 0.456 e. The Bertz CT molecular complexity index is 1280. The molecule has 6 rings (SSSR count). The Morgan fingerprint density at radius 1 is 1.06 bits per heavy atom. The van der Waals surface area contributed by atoms with Crippen LogP contribution in [0, 0.1) is 0 Å². The molecule has 1 amide bonds. The van der Waals surface area contributed by atoms with Crippen LogP contribution in [0.3, 0.4) is 0 Å². The van der Waals surface area contributed by atoms with Crippen molar-refractivity contribution in [3.05, 3.63) is 72.0 Å². The number of thiazole rings is 1. The molecular weight excluding hydrogens is 408 g/mol. The summed E-state index contributed by atoms with van der Waals surface area (Å²) in [7, 11) is 0. The van der Waals surface area contributed by atoms with Crippen molar-refractivity contribution in [1.82, 2.24) is 9.97 Å². The third kappa shape index (κ3) is 3.31. The van der Waals surface area contributed by atoms with E-state index in [4.69, 9.17) is 4.74 Å². The molecule has 0 atom stereocenters. The highest BCUT2D eigenvalue weighted by Crippen LogP contribution is 2.41. The monoisotopic (exact) mass is 428 g/mol. The maximum Gasteiger partial charge on any atom is 0.263 e.